The summed E-state index contributed by atoms with van der Waals surface area (Å²) in [5, 5.41) is 9.22. The highest BCUT2D eigenvalue weighted by atomic mass is 19.3. The summed E-state index contributed by atoms with van der Waals surface area (Å²) in [5.41, 5.74) is 0. The van der Waals surface area contributed by atoms with E-state index < -0.39 is 5.92 Å². The van der Waals surface area contributed by atoms with Crippen molar-refractivity contribution in [3.05, 3.63) is 0 Å². The maximum absolute atomic E-state index is 12.7. The lowest BCUT2D eigenvalue weighted by molar-refractivity contribution is -0.117. The first-order chi connectivity index (χ1) is 7.02. The highest BCUT2D eigenvalue weighted by Gasteiger charge is 2.46. The van der Waals surface area contributed by atoms with Gasteiger partial charge in [0, 0.05) is 25.4 Å². The third-order valence-corrected chi connectivity index (χ3v) is 3.85. The van der Waals surface area contributed by atoms with Crippen LogP contribution in [-0.4, -0.2) is 41.7 Å². The van der Waals surface area contributed by atoms with Crippen LogP contribution >= 0.6 is 0 Å². The van der Waals surface area contributed by atoms with E-state index in [1.165, 1.54) is 0 Å². The molecule has 0 bridgehead atoms. The van der Waals surface area contributed by atoms with Gasteiger partial charge in [0.2, 0.25) is 5.92 Å². The molecule has 15 heavy (non-hydrogen) atoms. The first kappa shape index (κ1) is 11.3. The Balaban J connectivity index is 1.80. The van der Waals surface area contributed by atoms with E-state index in [4.69, 9.17) is 0 Å². The summed E-state index contributed by atoms with van der Waals surface area (Å²) in [6.07, 6.45) is 1.15. The van der Waals surface area contributed by atoms with E-state index in [9.17, 15) is 13.9 Å². The van der Waals surface area contributed by atoms with Gasteiger partial charge in [-0.3, -0.25) is 4.90 Å². The minimum atomic E-state index is -2.41. The number of nitrogens with zero attached hydrogens (tertiary/aromatic N) is 1. The molecule has 4 heteroatoms. The Hall–Kier alpha value is -0.220. The third kappa shape index (κ3) is 2.31. The van der Waals surface area contributed by atoms with E-state index in [2.05, 4.69) is 11.8 Å². The fraction of sp³-hybridized carbons (Fsp3) is 1.00. The molecule has 1 heterocycles. The quantitative estimate of drug-likeness (QED) is 0.781. The fourth-order valence-electron chi connectivity index (χ4n) is 2.86. The average molecular weight is 219 g/mol. The molecule has 0 aromatic heterocycles. The van der Waals surface area contributed by atoms with Crippen LogP contribution in [0.3, 0.4) is 0 Å². The number of aliphatic hydroxyl groups excluding tert-OH is 1. The van der Waals surface area contributed by atoms with Gasteiger partial charge in [0.1, 0.15) is 0 Å². The Morgan fingerprint density at radius 3 is 2.60 bits per heavy atom. The first-order valence-corrected chi connectivity index (χ1v) is 5.74. The van der Waals surface area contributed by atoms with E-state index in [1.807, 2.05) is 0 Å². The second kappa shape index (κ2) is 3.98. The summed E-state index contributed by atoms with van der Waals surface area (Å²) in [4.78, 5) is 2.19. The molecule has 1 saturated heterocycles. The van der Waals surface area contributed by atoms with Crippen molar-refractivity contribution in [2.24, 2.45) is 11.8 Å². The molecule has 2 nitrogen and oxygen atoms in total. The lowest BCUT2D eigenvalue weighted by Crippen LogP contribution is -2.45. The number of hydrogen-bond donors (Lipinski definition) is 1. The normalized spacial score (nSPS) is 36.8. The molecular weight excluding hydrogens is 200 g/mol. The molecule has 2 aliphatic rings. The molecule has 0 aromatic carbocycles. The third-order valence-electron chi connectivity index (χ3n) is 3.85. The highest BCUT2D eigenvalue weighted by molar-refractivity contribution is 4.92. The van der Waals surface area contributed by atoms with Crippen LogP contribution in [0.1, 0.15) is 26.2 Å². The molecule has 2 atom stereocenters. The lowest BCUT2D eigenvalue weighted by atomic mass is 9.81. The maximum atomic E-state index is 12.7. The molecule has 0 amide bonds. The molecule has 1 aliphatic heterocycles. The van der Waals surface area contributed by atoms with Gasteiger partial charge in [-0.15, -0.1) is 0 Å². The zero-order chi connectivity index (χ0) is 11.1. The predicted octanol–water partition coefficient (Wildman–Crippen LogP) is 1.73. The molecule has 2 rings (SSSR count). The van der Waals surface area contributed by atoms with E-state index in [-0.39, 0.29) is 31.4 Å². The SMILES string of the molecule is C[C@@H]1CCN(CC2CC(F)(F)C2)[C@@H]1CO. The maximum Gasteiger partial charge on any atom is 0.248 e. The summed E-state index contributed by atoms with van der Waals surface area (Å²) in [6.45, 7) is 3.97. The van der Waals surface area contributed by atoms with Crippen molar-refractivity contribution in [2.75, 3.05) is 19.7 Å². The van der Waals surface area contributed by atoms with Gasteiger partial charge in [0.25, 0.3) is 0 Å². The van der Waals surface area contributed by atoms with Gasteiger partial charge in [-0.25, -0.2) is 8.78 Å². The number of hydrogen-bond acceptors (Lipinski definition) is 2. The van der Waals surface area contributed by atoms with Gasteiger partial charge in [-0.1, -0.05) is 6.92 Å². The molecule has 0 unspecified atom stereocenters. The molecule has 1 saturated carbocycles. The number of likely N-dealkylation sites (tertiary alicyclic amines) is 1. The summed E-state index contributed by atoms with van der Waals surface area (Å²) in [7, 11) is 0. The fourth-order valence-corrected chi connectivity index (χ4v) is 2.86. The van der Waals surface area contributed by atoms with Crippen molar-refractivity contribution < 1.29 is 13.9 Å². The van der Waals surface area contributed by atoms with Crippen molar-refractivity contribution in [3.8, 4) is 0 Å². The molecule has 0 aromatic rings. The minimum Gasteiger partial charge on any atom is -0.395 e. The molecule has 0 radical (unpaired) electrons. The topological polar surface area (TPSA) is 23.5 Å². The van der Waals surface area contributed by atoms with E-state index in [0.717, 1.165) is 19.5 Å². The number of alkyl halides is 2. The van der Waals surface area contributed by atoms with Crippen molar-refractivity contribution >= 4 is 0 Å². The summed E-state index contributed by atoms with van der Waals surface area (Å²) < 4.78 is 25.3. The minimum absolute atomic E-state index is 0.0377. The van der Waals surface area contributed by atoms with Crippen LogP contribution in [0.15, 0.2) is 0 Å². The van der Waals surface area contributed by atoms with Gasteiger partial charge in [0.15, 0.2) is 0 Å². The summed E-state index contributed by atoms with van der Waals surface area (Å²) in [6, 6.07) is 0.194. The smallest absolute Gasteiger partial charge is 0.248 e. The Bertz CT molecular complexity index is 227. The first-order valence-electron chi connectivity index (χ1n) is 5.74. The number of rotatable bonds is 3. The lowest BCUT2D eigenvalue weighted by Gasteiger charge is -2.38. The van der Waals surface area contributed by atoms with Gasteiger partial charge in [-0.2, -0.15) is 0 Å². The monoisotopic (exact) mass is 219 g/mol. The van der Waals surface area contributed by atoms with Crippen molar-refractivity contribution in [3.63, 3.8) is 0 Å². The van der Waals surface area contributed by atoms with Crippen LogP contribution in [-0.2, 0) is 0 Å². The zero-order valence-corrected chi connectivity index (χ0v) is 9.13. The van der Waals surface area contributed by atoms with E-state index >= 15 is 0 Å². The molecule has 2 fully saturated rings. The van der Waals surface area contributed by atoms with Crippen LogP contribution in [0.5, 0.6) is 0 Å². The average Bonchev–Trinajstić information content (AvgIpc) is 2.44. The Morgan fingerprint density at radius 2 is 2.07 bits per heavy atom. The Kier molecular flexibility index (Phi) is 2.99. The van der Waals surface area contributed by atoms with Gasteiger partial charge < -0.3 is 5.11 Å². The summed E-state index contributed by atoms with van der Waals surface area (Å²) in [5.74, 6) is -1.78. The predicted molar refractivity (Wildman–Crippen MR) is 53.9 cm³/mol. The van der Waals surface area contributed by atoms with E-state index in [0.29, 0.717) is 5.92 Å². The Morgan fingerprint density at radius 1 is 1.40 bits per heavy atom. The van der Waals surface area contributed by atoms with Crippen LogP contribution < -0.4 is 0 Å². The van der Waals surface area contributed by atoms with Gasteiger partial charge in [-0.05, 0) is 24.8 Å². The van der Waals surface area contributed by atoms with Crippen LogP contribution in [0.2, 0.25) is 0 Å². The highest BCUT2D eigenvalue weighted by Crippen LogP contribution is 2.43. The number of aliphatic hydroxyl groups is 1. The zero-order valence-electron chi connectivity index (χ0n) is 9.13. The second-order valence-corrected chi connectivity index (χ2v) is 5.14. The molecule has 1 N–H and O–H groups in total. The largest absolute Gasteiger partial charge is 0.395 e. The molecule has 1 aliphatic carbocycles. The molecular formula is C11H19F2NO. The second-order valence-electron chi connectivity index (χ2n) is 5.14. The number of halogens is 2. The van der Waals surface area contributed by atoms with Crippen LogP contribution in [0, 0.1) is 11.8 Å². The van der Waals surface area contributed by atoms with Crippen LogP contribution in [0.25, 0.3) is 0 Å². The summed E-state index contributed by atoms with van der Waals surface area (Å²) >= 11 is 0. The Labute approximate surface area is 89.3 Å². The van der Waals surface area contributed by atoms with E-state index in [1.54, 1.807) is 0 Å². The standard InChI is InChI=1S/C11H19F2NO/c1-8-2-3-14(10(8)7-15)6-9-4-11(12,13)5-9/h8-10,15H,2-7H2,1H3/t8-,10-/m1/s1. The molecule has 88 valence electrons. The van der Waals surface area contributed by atoms with Crippen LogP contribution in [0.4, 0.5) is 8.78 Å². The van der Waals surface area contributed by atoms with Gasteiger partial charge in [0.05, 0.1) is 6.61 Å². The van der Waals surface area contributed by atoms with Gasteiger partial charge >= 0.3 is 0 Å². The van der Waals surface area contributed by atoms with Crippen molar-refractivity contribution in [1.29, 1.82) is 0 Å². The van der Waals surface area contributed by atoms with Crippen molar-refractivity contribution in [1.82, 2.24) is 4.90 Å². The molecule has 0 spiro atoms. The van der Waals surface area contributed by atoms with Crippen molar-refractivity contribution in [2.45, 2.75) is 38.2 Å².